The zero-order valence-electron chi connectivity index (χ0n) is 11.6. The van der Waals surface area contributed by atoms with Gasteiger partial charge in [0.1, 0.15) is 11.0 Å². The fraction of sp³-hybridized carbons (Fsp3) is 0.312. The maximum atomic E-state index is 11.7. The zero-order valence-corrected chi connectivity index (χ0v) is 12.4. The molecule has 0 saturated heterocycles. The molecule has 1 atom stereocenters. The first-order valence-electron chi connectivity index (χ1n) is 7.00. The third-order valence-corrected chi connectivity index (χ3v) is 4.45. The first-order valence-corrected chi connectivity index (χ1v) is 8.27. The van der Waals surface area contributed by atoms with Crippen molar-refractivity contribution < 1.29 is 4.21 Å². The van der Waals surface area contributed by atoms with Crippen molar-refractivity contribution in [3.05, 3.63) is 53.7 Å². The lowest BCUT2D eigenvalue weighted by atomic mass is 9.99. The molecule has 0 aliphatic carbocycles. The topological polar surface area (TPSA) is 32.7 Å². The van der Waals surface area contributed by atoms with E-state index in [9.17, 15) is 4.21 Å². The van der Waals surface area contributed by atoms with Gasteiger partial charge in [0.25, 0.3) is 0 Å². The fourth-order valence-corrected chi connectivity index (χ4v) is 3.35. The quantitative estimate of drug-likeness (QED) is 0.856. The zero-order chi connectivity index (χ0) is 13.9. The summed E-state index contributed by atoms with van der Waals surface area (Å²) in [6, 6.07) is 8.60. The molecule has 3 nitrogen and oxygen atoms in total. The average molecular weight is 286 g/mol. The lowest BCUT2D eigenvalue weighted by Crippen LogP contribution is -2.35. The Bertz CT molecular complexity index is 614. The van der Waals surface area contributed by atoms with Crippen molar-refractivity contribution in [3.63, 3.8) is 0 Å². The summed E-state index contributed by atoms with van der Waals surface area (Å²) in [7, 11) is -1.09. The average Bonchev–Trinajstić information content (AvgIpc) is 2.48. The third kappa shape index (κ3) is 2.61. The van der Waals surface area contributed by atoms with E-state index in [1.807, 2.05) is 18.4 Å². The van der Waals surface area contributed by atoms with Crippen LogP contribution in [0.5, 0.6) is 0 Å². The maximum Gasteiger partial charge on any atom is 0.151 e. The Morgan fingerprint density at radius 2 is 2.10 bits per heavy atom. The number of hydrogen-bond donors (Lipinski definition) is 0. The van der Waals surface area contributed by atoms with Crippen LogP contribution >= 0.6 is 0 Å². The normalized spacial score (nSPS) is 21.2. The van der Waals surface area contributed by atoms with Crippen LogP contribution in [0.4, 0.5) is 0 Å². The molecule has 1 aromatic carbocycles. The van der Waals surface area contributed by atoms with E-state index in [0.717, 1.165) is 36.4 Å². The molecule has 1 aromatic rings. The molecular formula is C16H18N2OS. The van der Waals surface area contributed by atoms with E-state index in [4.69, 9.17) is 0 Å². The van der Waals surface area contributed by atoms with Gasteiger partial charge in [-0.05, 0) is 29.7 Å². The SMILES string of the molecule is CCCc1ccc(C2=CC=CN3CCS(=O)N=C23)cc1. The van der Waals surface area contributed by atoms with Gasteiger partial charge >= 0.3 is 0 Å². The van der Waals surface area contributed by atoms with Gasteiger partial charge < -0.3 is 4.90 Å². The van der Waals surface area contributed by atoms with Crippen LogP contribution in [0.3, 0.4) is 0 Å². The predicted molar refractivity (Wildman–Crippen MR) is 84.7 cm³/mol. The van der Waals surface area contributed by atoms with E-state index < -0.39 is 11.0 Å². The lowest BCUT2D eigenvalue weighted by molar-refractivity contribution is 0.582. The molecule has 20 heavy (non-hydrogen) atoms. The van der Waals surface area contributed by atoms with Crippen molar-refractivity contribution in [2.75, 3.05) is 12.3 Å². The van der Waals surface area contributed by atoms with E-state index in [2.05, 4.69) is 40.5 Å². The molecule has 4 heteroatoms. The summed E-state index contributed by atoms with van der Waals surface area (Å²) in [6.07, 6.45) is 8.35. The Labute approximate surface area is 122 Å². The van der Waals surface area contributed by atoms with Gasteiger partial charge in [-0.3, -0.25) is 0 Å². The van der Waals surface area contributed by atoms with E-state index >= 15 is 0 Å². The summed E-state index contributed by atoms with van der Waals surface area (Å²) in [5.74, 6) is 1.44. The van der Waals surface area contributed by atoms with Crippen LogP contribution < -0.4 is 0 Å². The highest BCUT2D eigenvalue weighted by Gasteiger charge is 2.23. The van der Waals surface area contributed by atoms with Gasteiger partial charge in [0.2, 0.25) is 0 Å². The van der Waals surface area contributed by atoms with Crippen LogP contribution in [0.2, 0.25) is 0 Å². The minimum absolute atomic E-state index is 0.608. The third-order valence-electron chi connectivity index (χ3n) is 3.54. The molecule has 0 saturated carbocycles. The largest absolute Gasteiger partial charge is 0.331 e. The predicted octanol–water partition coefficient (Wildman–Crippen LogP) is 2.93. The minimum atomic E-state index is -1.09. The highest BCUT2D eigenvalue weighted by Crippen LogP contribution is 2.25. The molecule has 0 radical (unpaired) electrons. The molecule has 2 heterocycles. The van der Waals surface area contributed by atoms with Crippen LogP contribution in [0.25, 0.3) is 5.57 Å². The van der Waals surface area contributed by atoms with Crippen molar-refractivity contribution in [2.45, 2.75) is 19.8 Å². The molecule has 0 aromatic heterocycles. The molecule has 3 rings (SSSR count). The number of nitrogens with zero attached hydrogens (tertiary/aromatic N) is 2. The van der Waals surface area contributed by atoms with E-state index in [-0.39, 0.29) is 0 Å². The van der Waals surface area contributed by atoms with Crippen LogP contribution in [-0.2, 0) is 17.4 Å². The van der Waals surface area contributed by atoms with Crippen molar-refractivity contribution in [3.8, 4) is 0 Å². The van der Waals surface area contributed by atoms with Crippen LogP contribution in [-0.4, -0.2) is 27.2 Å². The summed E-state index contributed by atoms with van der Waals surface area (Å²) in [5.41, 5.74) is 3.55. The molecule has 1 unspecified atom stereocenters. The monoisotopic (exact) mass is 286 g/mol. The summed E-state index contributed by atoms with van der Waals surface area (Å²) >= 11 is 0. The van der Waals surface area contributed by atoms with Gasteiger partial charge in [-0.15, -0.1) is 0 Å². The van der Waals surface area contributed by atoms with Gasteiger partial charge in [-0.25, -0.2) is 4.21 Å². The summed E-state index contributed by atoms with van der Waals surface area (Å²) in [4.78, 5) is 2.08. The van der Waals surface area contributed by atoms with Crippen LogP contribution in [0, 0.1) is 0 Å². The van der Waals surface area contributed by atoms with Gasteiger partial charge in [-0.1, -0.05) is 37.6 Å². The molecule has 104 valence electrons. The van der Waals surface area contributed by atoms with Gasteiger partial charge in [-0.2, -0.15) is 4.40 Å². The standard InChI is InChI=1S/C16H18N2OS/c1-2-4-13-6-8-14(9-7-13)15-5-3-10-18-11-12-20(19)17-16(15)18/h3,5-10H,2,4,11-12H2,1H3. The number of benzene rings is 1. The molecule has 0 N–H and O–H groups in total. The van der Waals surface area contributed by atoms with Crippen LogP contribution in [0.15, 0.2) is 47.0 Å². The highest BCUT2D eigenvalue weighted by atomic mass is 32.2. The number of aryl methyl sites for hydroxylation is 1. The van der Waals surface area contributed by atoms with Gasteiger partial charge in [0, 0.05) is 18.3 Å². The Balaban J connectivity index is 1.94. The van der Waals surface area contributed by atoms with Crippen molar-refractivity contribution >= 4 is 22.4 Å². The number of amidine groups is 1. The van der Waals surface area contributed by atoms with Crippen LogP contribution in [0.1, 0.15) is 24.5 Å². The minimum Gasteiger partial charge on any atom is -0.331 e. The van der Waals surface area contributed by atoms with Crippen molar-refractivity contribution in [2.24, 2.45) is 4.40 Å². The summed E-state index contributed by atoms with van der Waals surface area (Å²) in [6.45, 7) is 2.96. The Morgan fingerprint density at radius 3 is 2.85 bits per heavy atom. The highest BCUT2D eigenvalue weighted by molar-refractivity contribution is 7.83. The smallest absolute Gasteiger partial charge is 0.151 e. The number of rotatable bonds is 3. The molecule has 0 amide bonds. The Morgan fingerprint density at radius 1 is 1.30 bits per heavy atom. The molecule has 0 spiro atoms. The second-order valence-corrected chi connectivity index (χ2v) is 6.24. The second-order valence-electron chi connectivity index (χ2n) is 5.00. The first kappa shape index (κ1) is 13.3. The molecule has 0 bridgehead atoms. The van der Waals surface area contributed by atoms with E-state index in [0.29, 0.717) is 5.75 Å². The van der Waals surface area contributed by atoms with Crippen molar-refractivity contribution in [1.82, 2.24) is 4.90 Å². The van der Waals surface area contributed by atoms with E-state index in [1.54, 1.807) is 0 Å². The Kier molecular flexibility index (Phi) is 3.83. The first-order chi connectivity index (χ1) is 9.78. The van der Waals surface area contributed by atoms with E-state index in [1.165, 1.54) is 5.56 Å². The summed E-state index contributed by atoms with van der Waals surface area (Å²) < 4.78 is 16.0. The van der Waals surface area contributed by atoms with Gasteiger partial charge in [0.05, 0.1) is 5.75 Å². The molecule has 2 aliphatic heterocycles. The van der Waals surface area contributed by atoms with Gasteiger partial charge in [0.15, 0.2) is 5.84 Å². The molecular weight excluding hydrogens is 268 g/mol. The van der Waals surface area contributed by atoms with Crippen molar-refractivity contribution in [1.29, 1.82) is 0 Å². The Hall–Kier alpha value is -1.68. The summed E-state index contributed by atoms with van der Waals surface area (Å²) in [5, 5.41) is 0. The fourth-order valence-electron chi connectivity index (χ4n) is 2.51. The second kappa shape index (κ2) is 5.75. The maximum absolute atomic E-state index is 11.7. The lowest BCUT2D eigenvalue weighted by Gasteiger charge is -2.29. The number of fused-ring (bicyclic) bond motifs is 1. The molecule has 2 aliphatic rings. The number of allylic oxidation sites excluding steroid dienone is 2. The number of hydrogen-bond acceptors (Lipinski definition) is 2. The molecule has 0 fully saturated rings.